The van der Waals surface area contributed by atoms with Crippen LogP contribution in [0.5, 0.6) is 0 Å². The number of tetrazole rings is 1. The number of anilines is 1. The molecule has 7 heteroatoms. The third kappa shape index (κ3) is 2.01. The first-order valence-corrected chi connectivity index (χ1v) is 6.60. The second-order valence-electron chi connectivity index (χ2n) is 4.72. The van der Waals surface area contributed by atoms with Gasteiger partial charge in [-0.15, -0.1) is 16.7 Å². The van der Waals surface area contributed by atoms with Crippen molar-refractivity contribution in [3.8, 4) is 0 Å². The summed E-state index contributed by atoms with van der Waals surface area (Å²) in [4.78, 5) is 6.45. The number of fused-ring (bicyclic) bond motifs is 1. The van der Waals surface area contributed by atoms with Gasteiger partial charge < -0.3 is 4.90 Å². The molecular formula is C11H15ClN6. The van der Waals surface area contributed by atoms with Crippen molar-refractivity contribution in [1.29, 1.82) is 0 Å². The average molecular weight is 267 g/mol. The van der Waals surface area contributed by atoms with Crippen LogP contribution < -0.4 is 4.90 Å². The van der Waals surface area contributed by atoms with Crippen LogP contribution in [-0.4, -0.2) is 43.5 Å². The van der Waals surface area contributed by atoms with Gasteiger partial charge >= 0.3 is 0 Å². The largest absolute Gasteiger partial charge is 0.355 e. The zero-order valence-electron chi connectivity index (χ0n) is 10.2. The Balaban J connectivity index is 1.82. The molecule has 18 heavy (non-hydrogen) atoms. The minimum atomic E-state index is 0.245. The van der Waals surface area contributed by atoms with Crippen molar-refractivity contribution in [1.82, 2.24) is 25.0 Å². The molecule has 2 aromatic heterocycles. The molecule has 1 saturated heterocycles. The molecule has 1 aliphatic rings. The van der Waals surface area contributed by atoms with E-state index in [1.165, 1.54) is 0 Å². The number of hydrogen-bond donors (Lipinski definition) is 0. The molecule has 1 fully saturated rings. The third-order valence-electron chi connectivity index (χ3n) is 3.60. The van der Waals surface area contributed by atoms with Crippen LogP contribution >= 0.6 is 11.6 Å². The number of nitrogens with zero attached hydrogens (tertiary/aromatic N) is 6. The monoisotopic (exact) mass is 266 g/mol. The van der Waals surface area contributed by atoms with Crippen LogP contribution in [0.3, 0.4) is 0 Å². The molecule has 1 aliphatic heterocycles. The quantitative estimate of drug-likeness (QED) is 0.769. The minimum absolute atomic E-state index is 0.245. The van der Waals surface area contributed by atoms with E-state index in [1.54, 1.807) is 10.7 Å². The lowest BCUT2D eigenvalue weighted by atomic mass is 9.94. The maximum absolute atomic E-state index is 6.16. The Hall–Kier alpha value is -1.43. The molecule has 1 atom stereocenters. The molecule has 0 aliphatic carbocycles. The minimum Gasteiger partial charge on any atom is -0.355 e. The fourth-order valence-corrected chi connectivity index (χ4v) is 2.72. The molecule has 2 aromatic rings. The highest BCUT2D eigenvalue weighted by molar-refractivity contribution is 6.20. The van der Waals surface area contributed by atoms with E-state index >= 15 is 0 Å². The van der Waals surface area contributed by atoms with Gasteiger partial charge in [0.1, 0.15) is 0 Å². The first kappa shape index (κ1) is 11.6. The lowest BCUT2D eigenvalue weighted by Gasteiger charge is -2.34. The van der Waals surface area contributed by atoms with E-state index in [2.05, 4.69) is 32.3 Å². The Morgan fingerprint density at radius 3 is 2.83 bits per heavy atom. The van der Waals surface area contributed by atoms with E-state index in [-0.39, 0.29) is 5.38 Å². The molecule has 0 radical (unpaired) electrons. The van der Waals surface area contributed by atoms with Gasteiger partial charge in [-0.2, -0.15) is 4.52 Å². The molecule has 0 aromatic carbocycles. The predicted molar refractivity (Wildman–Crippen MR) is 68.8 cm³/mol. The molecule has 0 spiro atoms. The summed E-state index contributed by atoms with van der Waals surface area (Å²) in [5.74, 6) is 1.56. The van der Waals surface area contributed by atoms with Crippen molar-refractivity contribution >= 4 is 23.1 Å². The lowest BCUT2D eigenvalue weighted by molar-refractivity contribution is 0.397. The summed E-state index contributed by atoms with van der Waals surface area (Å²) >= 11 is 6.16. The maximum atomic E-state index is 6.16. The third-order valence-corrected chi connectivity index (χ3v) is 3.96. The number of alkyl halides is 1. The molecule has 6 nitrogen and oxygen atoms in total. The fraction of sp³-hybridized carbons (Fsp3) is 0.636. The Labute approximate surface area is 110 Å². The van der Waals surface area contributed by atoms with Crippen LogP contribution in [0.2, 0.25) is 0 Å². The van der Waals surface area contributed by atoms with Crippen molar-refractivity contribution in [3.63, 3.8) is 0 Å². The summed E-state index contributed by atoms with van der Waals surface area (Å²) < 4.78 is 1.73. The standard InChI is InChI=1S/C11H15ClN6/c1-8(12)9-2-4-17(5-3-9)11-7-13-6-10-14-15-16-18(10)11/h6-9H,2-5H2,1H3. The van der Waals surface area contributed by atoms with E-state index < -0.39 is 0 Å². The van der Waals surface area contributed by atoms with Gasteiger partial charge in [-0.25, -0.2) is 0 Å². The van der Waals surface area contributed by atoms with Gasteiger partial charge in [0, 0.05) is 18.5 Å². The molecule has 1 unspecified atom stereocenters. The summed E-state index contributed by atoms with van der Waals surface area (Å²) in [6, 6.07) is 0. The van der Waals surface area contributed by atoms with E-state index in [1.807, 2.05) is 6.20 Å². The van der Waals surface area contributed by atoms with Crippen molar-refractivity contribution in [2.75, 3.05) is 18.0 Å². The van der Waals surface area contributed by atoms with E-state index in [4.69, 9.17) is 11.6 Å². The maximum Gasteiger partial charge on any atom is 0.199 e. The molecule has 0 N–H and O–H groups in total. The topological polar surface area (TPSA) is 59.2 Å². The second kappa shape index (κ2) is 4.68. The Bertz CT molecular complexity index is 531. The number of hydrogen-bond acceptors (Lipinski definition) is 5. The molecule has 0 saturated carbocycles. The van der Waals surface area contributed by atoms with Crippen LogP contribution in [0.15, 0.2) is 12.4 Å². The lowest BCUT2D eigenvalue weighted by Crippen LogP contribution is -2.37. The van der Waals surface area contributed by atoms with Crippen LogP contribution in [0.4, 0.5) is 5.82 Å². The Kier molecular flexibility index (Phi) is 3.03. The Morgan fingerprint density at radius 1 is 1.33 bits per heavy atom. The smallest absolute Gasteiger partial charge is 0.199 e. The number of aromatic nitrogens is 5. The van der Waals surface area contributed by atoms with E-state index in [9.17, 15) is 0 Å². The van der Waals surface area contributed by atoms with Gasteiger partial charge in [0.15, 0.2) is 11.5 Å². The number of piperidine rings is 1. The van der Waals surface area contributed by atoms with Gasteiger partial charge in [0.25, 0.3) is 0 Å². The van der Waals surface area contributed by atoms with Gasteiger partial charge in [-0.05, 0) is 36.1 Å². The molecule has 3 heterocycles. The van der Waals surface area contributed by atoms with Crippen molar-refractivity contribution < 1.29 is 0 Å². The number of rotatable bonds is 2. The molecule has 0 amide bonds. The van der Waals surface area contributed by atoms with Crippen molar-refractivity contribution in [2.45, 2.75) is 25.1 Å². The number of halogens is 1. The summed E-state index contributed by atoms with van der Waals surface area (Å²) in [7, 11) is 0. The summed E-state index contributed by atoms with van der Waals surface area (Å²) in [6.45, 7) is 4.02. The second-order valence-corrected chi connectivity index (χ2v) is 5.40. The summed E-state index contributed by atoms with van der Waals surface area (Å²) in [5.41, 5.74) is 0.681. The Morgan fingerprint density at radius 2 is 2.11 bits per heavy atom. The highest BCUT2D eigenvalue weighted by Gasteiger charge is 2.24. The fourth-order valence-electron chi connectivity index (χ4n) is 2.47. The van der Waals surface area contributed by atoms with Gasteiger partial charge in [0.05, 0.1) is 12.4 Å². The normalized spacial score (nSPS) is 19.3. The van der Waals surface area contributed by atoms with Gasteiger partial charge in [-0.1, -0.05) is 0 Å². The van der Waals surface area contributed by atoms with Crippen LogP contribution in [-0.2, 0) is 0 Å². The molecular weight excluding hydrogens is 252 g/mol. The zero-order chi connectivity index (χ0) is 12.5. The zero-order valence-corrected chi connectivity index (χ0v) is 11.0. The highest BCUT2D eigenvalue weighted by atomic mass is 35.5. The average Bonchev–Trinajstić information content (AvgIpc) is 2.87. The summed E-state index contributed by atoms with van der Waals surface area (Å²) in [5, 5.41) is 11.8. The van der Waals surface area contributed by atoms with Crippen LogP contribution in [0.25, 0.3) is 5.65 Å². The van der Waals surface area contributed by atoms with Crippen molar-refractivity contribution in [3.05, 3.63) is 12.4 Å². The van der Waals surface area contributed by atoms with Crippen molar-refractivity contribution in [2.24, 2.45) is 5.92 Å². The predicted octanol–water partition coefficient (Wildman–Crippen LogP) is 1.36. The van der Waals surface area contributed by atoms with Gasteiger partial charge in [0.2, 0.25) is 0 Å². The van der Waals surface area contributed by atoms with Crippen LogP contribution in [0.1, 0.15) is 19.8 Å². The SMILES string of the molecule is CC(Cl)C1CCN(c2cncc3nnnn23)CC1. The molecule has 0 bridgehead atoms. The van der Waals surface area contributed by atoms with Gasteiger partial charge in [-0.3, -0.25) is 4.98 Å². The molecule has 96 valence electrons. The first-order valence-electron chi connectivity index (χ1n) is 6.17. The van der Waals surface area contributed by atoms with E-state index in [0.717, 1.165) is 31.7 Å². The first-order chi connectivity index (χ1) is 8.75. The molecule has 3 rings (SSSR count). The van der Waals surface area contributed by atoms with E-state index in [0.29, 0.717) is 11.6 Å². The highest BCUT2D eigenvalue weighted by Crippen LogP contribution is 2.26. The van der Waals surface area contributed by atoms with Crippen LogP contribution in [0, 0.1) is 5.92 Å². The summed E-state index contributed by atoms with van der Waals surface area (Å²) in [6.07, 6.45) is 5.68.